The Kier molecular flexibility index (Phi) is 8.31. The number of aromatic nitrogens is 4. The van der Waals surface area contributed by atoms with E-state index in [1.807, 2.05) is 6.07 Å². The lowest BCUT2D eigenvalue weighted by Gasteiger charge is -2.41. The molecule has 1 fully saturated rings. The van der Waals surface area contributed by atoms with Gasteiger partial charge in [0.25, 0.3) is 10.0 Å². The maximum Gasteiger partial charge on any atom is 0.269 e. The summed E-state index contributed by atoms with van der Waals surface area (Å²) < 4.78 is 43.2. The van der Waals surface area contributed by atoms with Crippen molar-refractivity contribution in [1.29, 1.82) is 0 Å². The van der Waals surface area contributed by atoms with Crippen molar-refractivity contribution in [2.24, 2.45) is 0 Å². The van der Waals surface area contributed by atoms with Crippen molar-refractivity contribution in [3.63, 3.8) is 0 Å². The van der Waals surface area contributed by atoms with Gasteiger partial charge in [-0.15, -0.1) is 6.58 Å². The second-order valence-electron chi connectivity index (χ2n) is 12.5. The van der Waals surface area contributed by atoms with E-state index < -0.39 is 18.3 Å². The van der Waals surface area contributed by atoms with Crippen LogP contribution in [-0.4, -0.2) is 54.6 Å². The zero-order chi connectivity index (χ0) is 29.4. The van der Waals surface area contributed by atoms with Gasteiger partial charge < -0.3 is 13.7 Å². The highest BCUT2D eigenvalue weighted by Gasteiger charge is 2.40. The largest absolute Gasteiger partial charge is 0.414 e. The first-order chi connectivity index (χ1) is 19.4. The number of fused-ring (bicyclic) bond motifs is 3. The third-order valence-electron chi connectivity index (χ3n) is 8.68. The third-order valence-corrected chi connectivity index (χ3v) is 14.9. The Morgan fingerprint density at radius 1 is 1.10 bits per heavy atom. The first-order valence-electron chi connectivity index (χ1n) is 14.5. The summed E-state index contributed by atoms with van der Waals surface area (Å²) in [5.41, 5.74) is 2.11. The Balaban J connectivity index is 1.52. The molecule has 3 heterocycles. The van der Waals surface area contributed by atoms with Crippen LogP contribution in [0.2, 0.25) is 18.1 Å². The maximum atomic E-state index is 13.5. The van der Waals surface area contributed by atoms with Crippen molar-refractivity contribution in [3.8, 4) is 0 Å². The molecule has 220 valence electrons. The topological polar surface area (TPSA) is 88.2 Å². The maximum absolute atomic E-state index is 13.5. The fraction of sp³-hybridized carbons (Fsp3) is 0.484. The summed E-state index contributed by atoms with van der Waals surface area (Å²) in [6.07, 6.45) is 9.88. The number of hydrogen-bond acceptors (Lipinski definition) is 6. The van der Waals surface area contributed by atoms with Gasteiger partial charge in [-0.05, 0) is 62.0 Å². The van der Waals surface area contributed by atoms with Crippen molar-refractivity contribution in [1.82, 2.24) is 18.5 Å². The van der Waals surface area contributed by atoms with Gasteiger partial charge in [-0.3, -0.25) is 0 Å². The first kappa shape index (κ1) is 29.7. The molecule has 0 spiro atoms. The smallest absolute Gasteiger partial charge is 0.269 e. The number of hydrogen-bond donors (Lipinski definition) is 0. The minimum Gasteiger partial charge on any atom is -0.414 e. The normalized spacial score (nSPS) is 18.8. The number of ether oxygens (including phenoxy) is 1. The third kappa shape index (κ3) is 5.80. The number of pyridine rings is 1. The molecule has 1 aliphatic rings. The van der Waals surface area contributed by atoms with Crippen LogP contribution < -0.4 is 0 Å². The van der Waals surface area contributed by atoms with Gasteiger partial charge in [0.2, 0.25) is 0 Å². The predicted octanol–water partition coefficient (Wildman–Crippen LogP) is 6.87. The summed E-state index contributed by atoms with van der Waals surface area (Å²) in [6, 6.07) is 10.6. The number of imidazole rings is 1. The lowest BCUT2D eigenvalue weighted by Crippen LogP contribution is -2.44. The molecule has 0 N–H and O–H groups in total. The minimum atomic E-state index is -3.80. The number of rotatable bonds is 10. The van der Waals surface area contributed by atoms with E-state index in [0.29, 0.717) is 25.3 Å². The Labute approximate surface area is 244 Å². The molecule has 1 saturated carbocycles. The standard InChI is InChI=1S/C31H42N4O4SSi/c1-7-20-38-21-18-28-33-27-22-32-30-26(17-19-34(30)40(36,37)25-11-9-8-10-12-25)29(27)35(28)23-13-15-24(16-14-23)39-41(5,6)31(2,3)4/h7-12,17,19,22-24H,1,13-16,18,20-21H2,2-6H3. The fourth-order valence-corrected chi connectivity index (χ4v) is 8.26. The molecule has 1 aromatic carbocycles. The highest BCUT2D eigenvalue weighted by atomic mass is 32.2. The highest BCUT2D eigenvalue weighted by Crippen LogP contribution is 2.41. The SMILES string of the molecule is C=CCOCCc1nc2cnc3c(ccn3S(=O)(=O)c3ccccc3)c2n1C1CCC(O[Si](C)(C)C(C)(C)C)CC1. The molecule has 0 aliphatic heterocycles. The van der Waals surface area contributed by atoms with Crippen LogP contribution >= 0.6 is 0 Å². The van der Waals surface area contributed by atoms with Crippen molar-refractivity contribution in [2.75, 3.05) is 13.2 Å². The van der Waals surface area contributed by atoms with Crippen molar-refractivity contribution >= 4 is 40.4 Å². The lowest BCUT2D eigenvalue weighted by molar-refractivity contribution is 0.117. The van der Waals surface area contributed by atoms with Gasteiger partial charge in [0.1, 0.15) is 11.3 Å². The van der Waals surface area contributed by atoms with Gasteiger partial charge in [-0.25, -0.2) is 22.4 Å². The second-order valence-corrected chi connectivity index (χ2v) is 19.1. The van der Waals surface area contributed by atoms with Crippen LogP contribution in [0.1, 0.15) is 58.3 Å². The van der Waals surface area contributed by atoms with Crippen molar-refractivity contribution in [3.05, 3.63) is 67.3 Å². The molecule has 0 amide bonds. The molecule has 5 rings (SSSR count). The molecular weight excluding hydrogens is 553 g/mol. The van der Waals surface area contributed by atoms with Crippen LogP contribution in [0.4, 0.5) is 0 Å². The average Bonchev–Trinajstić information content (AvgIpc) is 3.53. The van der Waals surface area contributed by atoms with Crippen LogP contribution in [0, 0.1) is 0 Å². The fourth-order valence-electron chi connectivity index (χ4n) is 5.51. The molecule has 0 bridgehead atoms. The summed E-state index contributed by atoms with van der Waals surface area (Å²) in [5.74, 6) is 0.936. The molecule has 0 saturated heterocycles. The average molecular weight is 595 g/mol. The molecule has 41 heavy (non-hydrogen) atoms. The highest BCUT2D eigenvalue weighted by molar-refractivity contribution is 7.90. The molecule has 10 heteroatoms. The summed E-state index contributed by atoms with van der Waals surface area (Å²) in [5, 5.41) is 0.960. The number of benzene rings is 1. The van der Waals surface area contributed by atoms with E-state index in [9.17, 15) is 8.42 Å². The summed E-state index contributed by atoms with van der Waals surface area (Å²) in [6.45, 7) is 16.3. The van der Waals surface area contributed by atoms with E-state index in [4.69, 9.17) is 14.1 Å². The Bertz CT molecular complexity index is 1630. The molecule has 0 atom stereocenters. The minimum absolute atomic E-state index is 0.175. The van der Waals surface area contributed by atoms with Gasteiger partial charge >= 0.3 is 0 Å². The van der Waals surface area contributed by atoms with E-state index >= 15 is 0 Å². The molecule has 8 nitrogen and oxygen atoms in total. The monoisotopic (exact) mass is 594 g/mol. The first-order valence-corrected chi connectivity index (χ1v) is 18.8. The summed E-state index contributed by atoms with van der Waals surface area (Å²) >= 11 is 0. The molecular formula is C31H42N4O4SSi. The lowest BCUT2D eigenvalue weighted by atomic mass is 9.92. The summed E-state index contributed by atoms with van der Waals surface area (Å²) in [7, 11) is -5.65. The van der Waals surface area contributed by atoms with E-state index in [1.165, 1.54) is 3.97 Å². The Morgan fingerprint density at radius 3 is 2.46 bits per heavy atom. The van der Waals surface area contributed by atoms with Crippen LogP contribution in [0.15, 0.2) is 66.3 Å². The van der Waals surface area contributed by atoms with E-state index in [0.717, 1.165) is 47.9 Å². The van der Waals surface area contributed by atoms with Crippen LogP contribution in [0.3, 0.4) is 0 Å². The van der Waals surface area contributed by atoms with Crippen LogP contribution in [-0.2, 0) is 25.6 Å². The van der Waals surface area contributed by atoms with Gasteiger partial charge in [-0.2, -0.15) is 0 Å². The van der Waals surface area contributed by atoms with Gasteiger partial charge in [0, 0.05) is 30.1 Å². The van der Waals surface area contributed by atoms with Gasteiger partial charge in [0.05, 0.1) is 29.8 Å². The predicted molar refractivity (Wildman–Crippen MR) is 166 cm³/mol. The summed E-state index contributed by atoms with van der Waals surface area (Å²) in [4.78, 5) is 9.81. The van der Waals surface area contributed by atoms with Crippen LogP contribution in [0.25, 0.3) is 22.1 Å². The quantitative estimate of drug-likeness (QED) is 0.113. The van der Waals surface area contributed by atoms with E-state index in [2.05, 4.69) is 50.0 Å². The molecule has 0 radical (unpaired) electrons. The Morgan fingerprint density at radius 2 is 1.80 bits per heavy atom. The molecule has 3 aromatic heterocycles. The van der Waals surface area contributed by atoms with Crippen molar-refractivity contribution < 1.29 is 17.6 Å². The molecule has 4 aromatic rings. The number of nitrogens with zero attached hydrogens (tertiary/aromatic N) is 4. The Hall–Kier alpha value is -2.79. The van der Waals surface area contributed by atoms with Gasteiger partial charge in [-0.1, -0.05) is 45.0 Å². The van der Waals surface area contributed by atoms with E-state index in [1.54, 1.807) is 48.8 Å². The second kappa shape index (κ2) is 11.5. The van der Waals surface area contributed by atoms with Crippen LogP contribution in [0.5, 0.6) is 0 Å². The van der Waals surface area contributed by atoms with E-state index in [-0.39, 0.29) is 22.1 Å². The molecule has 0 unspecified atom stereocenters. The zero-order valence-corrected chi connectivity index (χ0v) is 26.7. The van der Waals surface area contributed by atoms with Crippen molar-refractivity contribution in [2.45, 2.75) is 88.0 Å². The molecule has 1 aliphatic carbocycles. The zero-order valence-electron chi connectivity index (χ0n) is 24.8. The van der Waals surface area contributed by atoms with Gasteiger partial charge in [0.15, 0.2) is 14.0 Å².